The molecule has 0 atom stereocenters. The van der Waals surface area contributed by atoms with E-state index in [4.69, 9.17) is 4.98 Å². The first-order chi connectivity index (χ1) is 9.04. The number of rotatable bonds is 1. The van der Waals surface area contributed by atoms with E-state index in [-0.39, 0.29) is 0 Å². The van der Waals surface area contributed by atoms with Crippen LogP contribution in [0, 0.1) is 27.7 Å². The molecule has 96 valence electrons. The van der Waals surface area contributed by atoms with Crippen molar-refractivity contribution < 1.29 is 0 Å². The Balaban J connectivity index is 2.20. The van der Waals surface area contributed by atoms with Crippen LogP contribution in [0.1, 0.15) is 22.3 Å². The molecular weight excluding hydrogens is 250 g/mol. The van der Waals surface area contributed by atoms with Crippen molar-refractivity contribution >= 4 is 21.6 Å². The fourth-order valence-corrected chi connectivity index (χ4v) is 3.51. The molecular formula is C17H17NS. The minimum Gasteiger partial charge on any atom is -0.236 e. The van der Waals surface area contributed by atoms with Gasteiger partial charge in [0.2, 0.25) is 0 Å². The van der Waals surface area contributed by atoms with Crippen molar-refractivity contribution in [2.24, 2.45) is 0 Å². The van der Waals surface area contributed by atoms with Gasteiger partial charge in [0.15, 0.2) is 0 Å². The summed E-state index contributed by atoms with van der Waals surface area (Å²) in [4.78, 5) is 4.81. The van der Waals surface area contributed by atoms with Gasteiger partial charge in [-0.1, -0.05) is 18.2 Å². The Hall–Kier alpha value is -1.67. The van der Waals surface area contributed by atoms with Gasteiger partial charge in [-0.3, -0.25) is 0 Å². The predicted octanol–water partition coefficient (Wildman–Crippen LogP) is 5.20. The highest BCUT2D eigenvalue weighted by Crippen LogP contribution is 2.33. The van der Waals surface area contributed by atoms with Crippen LogP contribution in [0.15, 0.2) is 30.3 Å². The summed E-state index contributed by atoms with van der Waals surface area (Å²) < 4.78 is 1.28. The second-order valence-electron chi connectivity index (χ2n) is 5.25. The zero-order valence-corrected chi connectivity index (χ0v) is 12.6. The van der Waals surface area contributed by atoms with Crippen molar-refractivity contribution in [3.63, 3.8) is 0 Å². The minimum atomic E-state index is 1.12. The highest BCUT2D eigenvalue weighted by molar-refractivity contribution is 7.21. The van der Waals surface area contributed by atoms with Gasteiger partial charge in [-0.2, -0.15) is 0 Å². The summed E-state index contributed by atoms with van der Waals surface area (Å²) in [5, 5.41) is 1.12. The SMILES string of the molecule is Cc1cc(C)c2nc(-c3ccc(C)c(C)c3)sc2c1. The summed E-state index contributed by atoms with van der Waals surface area (Å²) in [6.45, 7) is 8.58. The van der Waals surface area contributed by atoms with Crippen molar-refractivity contribution in [1.82, 2.24) is 4.98 Å². The minimum absolute atomic E-state index is 1.12. The maximum atomic E-state index is 4.81. The van der Waals surface area contributed by atoms with Gasteiger partial charge in [0.05, 0.1) is 10.2 Å². The first kappa shape index (κ1) is 12.4. The van der Waals surface area contributed by atoms with E-state index >= 15 is 0 Å². The zero-order chi connectivity index (χ0) is 13.6. The van der Waals surface area contributed by atoms with Gasteiger partial charge in [0.1, 0.15) is 5.01 Å². The summed E-state index contributed by atoms with van der Waals surface area (Å²) in [6, 6.07) is 11.0. The second-order valence-corrected chi connectivity index (χ2v) is 6.28. The molecule has 0 fully saturated rings. The fourth-order valence-electron chi connectivity index (χ4n) is 2.37. The van der Waals surface area contributed by atoms with E-state index < -0.39 is 0 Å². The smallest absolute Gasteiger partial charge is 0.124 e. The van der Waals surface area contributed by atoms with Crippen LogP contribution in [0.3, 0.4) is 0 Å². The lowest BCUT2D eigenvalue weighted by molar-refractivity contribution is 1.33. The quantitative estimate of drug-likeness (QED) is 0.590. The molecule has 3 rings (SSSR count). The molecule has 0 unspecified atom stereocenters. The molecule has 0 aliphatic heterocycles. The van der Waals surface area contributed by atoms with Gasteiger partial charge in [-0.05, 0) is 62.1 Å². The van der Waals surface area contributed by atoms with E-state index in [0.717, 1.165) is 10.5 Å². The number of fused-ring (bicyclic) bond motifs is 1. The summed E-state index contributed by atoms with van der Waals surface area (Å²) in [7, 11) is 0. The van der Waals surface area contributed by atoms with Gasteiger partial charge in [0.25, 0.3) is 0 Å². The Morgan fingerprint density at radius 1 is 0.842 bits per heavy atom. The molecule has 0 spiro atoms. The zero-order valence-electron chi connectivity index (χ0n) is 11.7. The van der Waals surface area contributed by atoms with Crippen molar-refractivity contribution in [3.8, 4) is 10.6 Å². The number of benzene rings is 2. The van der Waals surface area contributed by atoms with E-state index in [9.17, 15) is 0 Å². The monoisotopic (exact) mass is 267 g/mol. The van der Waals surface area contributed by atoms with Gasteiger partial charge in [0, 0.05) is 5.56 Å². The van der Waals surface area contributed by atoms with Crippen LogP contribution in [-0.2, 0) is 0 Å². The molecule has 19 heavy (non-hydrogen) atoms. The first-order valence-corrected chi connectivity index (χ1v) is 7.31. The van der Waals surface area contributed by atoms with E-state index in [2.05, 4.69) is 58.0 Å². The van der Waals surface area contributed by atoms with Gasteiger partial charge >= 0.3 is 0 Å². The molecule has 0 amide bonds. The molecule has 1 aromatic heterocycles. The van der Waals surface area contributed by atoms with Crippen molar-refractivity contribution in [3.05, 3.63) is 52.6 Å². The topological polar surface area (TPSA) is 12.9 Å². The molecule has 0 radical (unpaired) electrons. The van der Waals surface area contributed by atoms with E-state index in [1.165, 1.54) is 32.5 Å². The van der Waals surface area contributed by atoms with Crippen LogP contribution < -0.4 is 0 Å². The third-order valence-corrected chi connectivity index (χ3v) is 4.64. The third kappa shape index (κ3) is 2.17. The molecule has 0 aliphatic rings. The van der Waals surface area contributed by atoms with Gasteiger partial charge < -0.3 is 0 Å². The van der Waals surface area contributed by atoms with E-state index in [1.54, 1.807) is 11.3 Å². The normalized spacial score (nSPS) is 11.2. The number of hydrogen-bond donors (Lipinski definition) is 0. The van der Waals surface area contributed by atoms with Crippen LogP contribution in [0.4, 0.5) is 0 Å². The Bertz CT molecular complexity index is 768. The lowest BCUT2D eigenvalue weighted by Crippen LogP contribution is -1.83. The highest BCUT2D eigenvalue weighted by atomic mass is 32.1. The second kappa shape index (κ2) is 4.46. The number of aromatic nitrogens is 1. The summed E-state index contributed by atoms with van der Waals surface area (Å²) in [5.74, 6) is 0. The summed E-state index contributed by atoms with van der Waals surface area (Å²) in [5.41, 5.74) is 7.59. The molecule has 3 aromatic rings. The number of aryl methyl sites for hydroxylation is 4. The Kier molecular flexibility index (Phi) is 2.90. The molecule has 1 heterocycles. The number of hydrogen-bond acceptors (Lipinski definition) is 2. The lowest BCUT2D eigenvalue weighted by atomic mass is 10.1. The van der Waals surface area contributed by atoms with Crippen molar-refractivity contribution in [1.29, 1.82) is 0 Å². The average Bonchev–Trinajstić information content (AvgIpc) is 2.76. The van der Waals surface area contributed by atoms with Crippen molar-refractivity contribution in [2.45, 2.75) is 27.7 Å². The highest BCUT2D eigenvalue weighted by Gasteiger charge is 2.09. The maximum Gasteiger partial charge on any atom is 0.124 e. The molecule has 1 nitrogen and oxygen atoms in total. The van der Waals surface area contributed by atoms with Crippen LogP contribution in [0.2, 0.25) is 0 Å². The van der Waals surface area contributed by atoms with Gasteiger partial charge in [-0.25, -0.2) is 4.98 Å². The van der Waals surface area contributed by atoms with Crippen molar-refractivity contribution in [2.75, 3.05) is 0 Å². The molecule has 2 aromatic carbocycles. The van der Waals surface area contributed by atoms with Crippen LogP contribution in [-0.4, -0.2) is 4.98 Å². The van der Waals surface area contributed by atoms with Crippen LogP contribution in [0.25, 0.3) is 20.8 Å². The summed E-state index contributed by atoms with van der Waals surface area (Å²) in [6.07, 6.45) is 0. The standard InChI is InChI=1S/C17H17NS/c1-10-7-13(4)16-15(8-10)19-17(18-16)14-6-5-11(2)12(3)9-14/h5-9H,1-4H3. The fraction of sp³-hybridized carbons (Fsp3) is 0.235. The molecule has 0 N–H and O–H groups in total. The molecule has 0 saturated heterocycles. The molecule has 0 bridgehead atoms. The molecule has 2 heteroatoms. The maximum absolute atomic E-state index is 4.81. The van der Waals surface area contributed by atoms with Crippen LogP contribution >= 0.6 is 11.3 Å². The predicted molar refractivity (Wildman–Crippen MR) is 84.0 cm³/mol. The average molecular weight is 267 g/mol. The lowest BCUT2D eigenvalue weighted by Gasteiger charge is -2.01. The van der Waals surface area contributed by atoms with E-state index in [0.29, 0.717) is 0 Å². The third-order valence-electron chi connectivity index (χ3n) is 3.58. The summed E-state index contributed by atoms with van der Waals surface area (Å²) >= 11 is 1.78. The Morgan fingerprint density at radius 2 is 1.63 bits per heavy atom. The van der Waals surface area contributed by atoms with Crippen LogP contribution in [0.5, 0.6) is 0 Å². The first-order valence-electron chi connectivity index (χ1n) is 6.50. The number of nitrogens with zero attached hydrogens (tertiary/aromatic N) is 1. The largest absolute Gasteiger partial charge is 0.236 e. The Morgan fingerprint density at radius 3 is 2.37 bits per heavy atom. The molecule has 0 saturated carbocycles. The Labute approximate surface area is 117 Å². The van der Waals surface area contributed by atoms with E-state index in [1.807, 2.05) is 0 Å². The van der Waals surface area contributed by atoms with Gasteiger partial charge in [-0.15, -0.1) is 11.3 Å². The number of thiazole rings is 1. The molecule has 0 aliphatic carbocycles.